The molecule has 0 aliphatic rings. The molecular formula is C14H29NO3S. The van der Waals surface area contributed by atoms with Crippen LogP contribution in [0.3, 0.4) is 0 Å². The Balaban J connectivity index is 4.09. The fourth-order valence-electron chi connectivity index (χ4n) is 1.86. The van der Waals surface area contributed by atoms with E-state index in [-0.39, 0.29) is 12.6 Å². The number of nitrogens with one attached hydrogen (secondary N) is 1. The Morgan fingerprint density at radius 2 is 2.21 bits per heavy atom. The van der Waals surface area contributed by atoms with Gasteiger partial charge in [0.15, 0.2) is 0 Å². The topological polar surface area (TPSA) is 58.6 Å². The number of hydrogen-bond acceptors (Lipinski definition) is 5. The molecule has 0 radical (unpaired) electrons. The van der Waals surface area contributed by atoms with Gasteiger partial charge in [-0.05, 0) is 44.9 Å². The van der Waals surface area contributed by atoms with Crippen LogP contribution < -0.4 is 5.32 Å². The SMILES string of the molecule is CCCNC(C)(CCCSC(C)CCO)C(=O)OC. The number of rotatable bonds is 11. The van der Waals surface area contributed by atoms with E-state index in [1.807, 2.05) is 18.7 Å². The number of aliphatic hydroxyl groups excluding tert-OH is 1. The normalized spacial score (nSPS) is 15.8. The lowest BCUT2D eigenvalue weighted by atomic mass is 9.96. The Labute approximate surface area is 121 Å². The second-order valence-electron chi connectivity index (χ2n) is 5.05. The Morgan fingerprint density at radius 1 is 1.53 bits per heavy atom. The molecule has 0 saturated heterocycles. The molecule has 2 atom stereocenters. The molecule has 0 aromatic carbocycles. The summed E-state index contributed by atoms with van der Waals surface area (Å²) in [7, 11) is 1.44. The first-order valence-electron chi connectivity index (χ1n) is 7.06. The van der Waals surface area contributed by atoms with Gasteiger partial charge in [-0.3, -0.25) is 4.79 Å². The fraction of sp³-hybridized carbons (Fsp3) is 0.929. The molecule has 0 amide bonds. The molecule has 5 heteroatoms. The summed E-state index contributed by atoms with van der Waals surface area (Å²) in [4.78, 5) is 11.8. The van der Waals surface area contributed by atoms with Gasteiger partial charge in [-0.2, -0.15) is 11.8 Å². The molecular weight excluding hydrogens is 262 g/mol. The molecule has 2 N–H and O–H groups in total. The minimum Gasteiger partial charge on any atom is -0.468 e. The van der Waals surface area contributed by atoms with Gasteiger partial charge in [0.1, 0.15) is 5.54 Å². The highest BCUT2D eigenvalue weighted by molar-refractivity contribution is 7.99. The van der Waals surface area contributed by atoms with Gasteiger partial charge in [0.2, 0.25) is 0 Å². The first kappa shape index (κ1) is 18.7. The summed E-state index contributed by atoms with van der Waals surface area (Å²) in [6.45, 7) is 7.18. The molecule has 2 unspecified atom stereocenters. The summed E-state index contributed by atoms with van der Waals surface area (Å²) in [5.74, 6) is 0.816. The average Bonchev–Trinajstić information content (AvgIpc) is 2.40. The number of thioether (sulfide) groups is 1. The van der Waals surface area contributed by atoms with Crippen molar-refractivity contribution in [1.29, 1.82) is 0 Å². The maximum absolute atomic E-state index is 11.8. The van der Waals surface area contributed by atoms with E-state index in [0.29, 0.717) is 5.25 Å². The van der Waals surface area contributed by atoms with E-state index < -0.39 is 5.54 Å². The number of hydrogen-bond donors (Lipinski definition) is 2. The van der Waals surface area contributed by atoms with Crippen LogP contribution >= 0.6 is 11.8 Å². The number of carbonyl (C=O) groups excluding carboxylic acids is 1. The van der Waals surface area contributed by atoms with Gasteiger partial charge in [0, 0.05) is 11.9 Å². The molecule has 0 bridgehead atoms. The summed E-state index contributed by atoms with van der Waals surface area (Å²) >= 11 is 1.84. The highest BCUT2D eigenvalue weighted by Crippen LogP contribution is 2.20. The standard InChI is InChI=1S/C14H29NO3S/c1-5-9-15-14(3,13(17)18-4)8-6-11-19-12(2)7-10-16/h12,15-16H,5-11H2,1-4H3. The maximum atomic E-state index is 11.8. The molecule has 0 aromatic heterocycles. The van der Waals surface area contributed by atoms with Gasteiger partial charge in [-0.25, -0.2) is 0 Å². The molecule has 0 aliphatic heterocycles. The molecule has 0 rings (SSSR count). The molecule has 114 valence electrons. The minimum absolute atomic E-state index is 0.186. The number of methoxy groups -OCH3 is 1. The van der Waals surface area contributed by atoms with Crippen molar-refractivity contribution in [2.45, 2.75) is 57.2 Å². The van der Waals surface area contributed by atoms with Crippen molar-refractivity contribution in [2.24, 2.45) is 0 Å². The van der Waals surface area contributed by atoms with E-state index in [1.165, 1.54) is 7.11 Å². The Hall–Kier alpha value is -0.260. The van der Waals surface area contributed by atoms with Crippen molar-refractivity contribution in [3.63, 3.8) is 0 Å². The van der Waals surface area contributed by atoms with Gasteiger partial charge < -0.3 is 15.2 Å². The lowest BCUT2D eigenvalue weighted by Gasteiger charge is -2.28. The van der Waals surface area contributed by atoms with Crippen LogP contribution in [0.1, 0.15) is 46.5 Å². The third kappa shape index (κ3) is 7.80. The van der Waals surface area contributed by atoms with E-state index in [0.717, 1.165) is 38.0 Å². The van der Waals surface area contributed by atoms with Gasteiger partial charge >= 0.3 is 5.97 Å². The average molecular weight is 291 g/mol. The first-order valence-corrected chi connectivity index (χ1v) is 8.11. The smallest absolute Gasteiger partial charge is 0.325 e. The zero-order chi connectivity index (χ0) is 14.7. The summed E-state index contributed by atoms with van der Waals surface area (Å²) in [5, 5.41) is 12.6. The molecule has 19 heavy (non-hydrogen) atoms. The van der Waals surface area contributed by atoms with Gasteiger partial charge in [0.05, 0.1) is 7.11 Å². The Morgan fingerprint density at radius 3 is 2.74 bits per heavy atom. The van der Waals surface area contributed by atoms with Gasteiger partial charge in [0.25, 0.3) is 0 Å². The van der Waals surface area contributed by atoms with Crippen molar-refractivity contribution < 1.29 is 14.6 Å². The van der Waals surface area contributed by atoms with Crippen molar-refractivity contribution in [2.75, 3.05) is 26.0 Å². The summed E-state index contributed by atoms with van der Waals surface area (Å²) in [6.07, 6.45) is 3.56. The lowest BCUT2D eigenvalue weighted by Crippen LogP contribution is -2.50. The monoisotopic (exact) mass is 291 g/mol. The van der Waals surface area contributed by atoms with Crippen molar-refractivity contribution in [1.82, 2.24) is 5.32 Å². The maximum Gasteiger partial charge on any atom is 0.325 e. The number of carbonyl (C=O) groups is 1. The van der Waals surface area contributed by atoms with Gasteiger partial charge in [-0.1, -0.05) is 13.8 Å². The number of ether oxygens (including phenoxy) is 1. The Bertz CT molecular complexity index is 251. The lowest BCUT2D eigenvalue weighted by molar-refractivity contribution is -0.148. The van der Waals surface area contributed by atoms with E-state index in [2.05, 4.69) is 19.2 Å². The highest BCUT2D eigenvalue weighted by atomic mass is 32.2. The molecule has 0 fully saturated rings. The molecule has 0 saturated carbocycles. The minimum atomic E-state index is -0.578. The van der Waals surface area contributed by atoms with Crippen molar-refractivity contribution in [3.05, 3.63) is 0 Å². The third-order valence-corrected chi connectivity index (χ3v) is 4.49. The predicted octanol–water partition coefficient (Wildman–Crippen LogP) is 2.20. The first-order chi connectivity index (χ1) is 9.00. The van der Waals surface area contributed by atoms with Crippen LogP contribution in [-0.2, 0) is 9.53 Å². The van der Waals surface area contributed by atoms with E-state index >= 15 is 0 Å². The summed E-state index contributed by atoms with van der Waals surface area (Å²) in [5.41, 5.74) is -0.578. The summed E-state index contributed by atoms with van der Waals surface area (Å²) in [6, 6.07) is 0. The highest BCUT2D eigenvalue weighted by Gasteiger charge is 2.32. The quantitative estimate of drug-likeness (QED) is 0.451. The zero-order valence-corrected chi connectivity index (χ0v) is 13.5. The van der Waals surface area contributed by atoms with E-state index in [4.69, 9.17) is 9.84 Å². The predicted molar refractivity (Wildman–Crippen MR) is 81.6 cm³/mol. The van der Waals surface area contributed by atoms with Crippen LogP contribution in [0.5, 0.6) is 0 Å². The van der Waals surface area contributed by atoms with Crippen LogP contribution in [0.25, 0.3) is 0 Å². The molecule has 0 spiro atoms. The third-order valence-electron chi connectivity index (χ3n) is 3.16. The van der Waals surface area contributed by atoms with Crippen LogP contribution in [0, 0.1) is 0 Å². The molecule has 4 nitrogen and oxygen atoms in total. The second-order valence-corrected chi connectivity index (χ2v) is 6.59. The Kier molecular flexibility index (Phi) is 10.4. The zero-order valence-electron chi connectivity index (χ0n) is 12.7. The summed E-state index contributed by atoms with van der Waals surface area (Å²) < 4.78 is 4.89. The largest absolute Gasteiger partial charge is 0.468 e. The van der Waals surface area contributed by atoms with Crippen molar-refractivity contribution in [3.8, 4) is 0 Å². The van der Waals surface area contributed by atoms with Crippen LogP contribution in [0.4, 0.5) is 0 Å². The van der Waals surface area contributed by atoms with Crippen LogP contribution in [-0.4, -0.2) is 47.9 Å². The van der Waals surface area contributed by atoms with Crippen LogP contribution in [0.2, 0.25) is 0 Å². The number of esters is 1. The second kappa shape index (κ2) is 10.5. The molecule has 0 aliphatic carbocycles. The van der Waals surface area contributed by atoms with Gasteiger partial charge in [-0.15, -0.1) is 0 Å². The molecule has 0 aromatic rings. The van der Waals surface area contributed by atoms with E-state index in [9.17, 15) is 4.79 Å². The number of aliphatic hydroxyl groups is 1. The van der Waals surface area contributed by atoms with Crippen molar-refractivity contribution >= 4 is 17.7 Å². The van der Waals surface area contributed by atoms with E-state index in [1.54, 1.807) is 0 Å². The fourth-order valence-corrected chi connectivity index (χ4v) is 2.85. The van der Waals surface area contributed by atoms with Crippen LogP contribution in [0.15, 0.2) is 0 Å². The molecule has 0 heterocycles.